The summed E-state index contributed by atoms with van der Waals surface area (Å²) in [6.45, 7) is 0. The lowest BCUT2D eigenvalue weighted by atomic mass is 9.77. The van der Waals surface area contributed by atoms with Crippen LogP contribution in [-0.4, -0.2) is 27.4 Å². The molecule has 7 nitrogen and oxygen atoms in total. The molecule has 3 aromatic carbocycles. The molecule has 0 radical (unpaired) electrons. The van der Waals surface area contributed by atoms with E-state index in [4.69, 9.17) is 9.47 Å². The molecule has 0 fully saturated rings. The average molecular weight is 470 g/mol. The molecule has 0 aliphatic carbocycles. The summed E-state index contributed by atoms with van der Waals surface area (Å²) in [6, 6.07) is 16.6. The van der Waals surface area contributed by atoms with Crippen LogP contribution in [0, 0.1) is 0 Å². The van der Waals surface area contributed by atoms with Gasteiger partial charge >= 0.3 is 5.97 Å². The number of hydrogen-bond acceptors (Lipinski definition) is 6. The standard InChI is InChI=1S/C20H12O5.C2H4BrNO/c21-11-5-7-15-17(9-11)24-18-10-12(22)6-8-16(18)20(15)14-4-2-1-3-13(14)19(23)25-20;3-1-2(4)5/h1-10,21-22H;1H2,(H2,4,5). The Kier molecular flexibility index (Phi) is 4.87. The molecule has 2 aliphatic rings. The van der Waals surface area contributed by atoms with Gasteiger partial charge in [0, 0.05) is 28.8 Å². The third-order valence-corrected chi connectivity index (χ3v) is 5.37. The first-order valence-electron chi connectivity index (χ1n) is 8.88. The van der Waals surface area contributed by atoms with Crippen LogP contribution in [0.15, 0.2) is 60.7 Å². The summed E-state index contributed by atoms with van der Waals surface area (Å²) in [6.07, 6.45) is 0. The molecule has 1 spiro atoms. The number of ether oxygens (including phenoxy) is 2. The van der Waals surface area contributed by atoms with Crippen molar-refractivity contribution in [3.8, 4) is 23.0 Å². The third-order valence-electron chi connectivity index (χ3n) is 4.81. The summed E-state index contributed by atoms with van der Waals surface area (Å²) in [4.78, 5) is 22.1. The van der Waals surface area contributed by atoms with Crippen LogP contribution in [0.25, 0.3) is 0 Å². The summed E-state index contributed by atoms with van der Waals surface area (Å²) in [7, 11) is 0. The van der Waals surface area contributed by atoms with Crippen molar-refractivity contribution in [2.45, 2.75) is 5.60 Å². The minimum Gasteiger partial charge on any atom is -0.508 e. The molecule has 0 saturated carbocycles. The Bertz CT molecular complexity index is 1120. The molecule has 152 valence electrons. The maximum atomic E-state index is 12.5. The topological polar surface area (TPSA) is 119 Å². The number of aromatic hydroxyl groups is 2. The van der Waals surface area contributed by atoms with Crippen molar-refractivity contribution in [2.75, 3.05) is 5.33 Å². The first-order valence-corrected chi connectivity index (χ1v) is 10.0. The van der Waals surface area contributed by atoms with E-state index in [1.54, 1.807) is 24.3 Å². The van der Waals surface area contributed by atoms with Crippen LogP contribution in [0.1, 0.15) is 27.0 Å². The fourth-order valence-corrected chi connectivity index (χ4v) is 3.65. The van der Waals surface area contributed by atoms with Crippen LogP contribution in [-0.2, 0) is 15.1 Å². The van der Waals surface area contributed by atoms with Gasteiger partial charge in [-0.2, -0.15) is 0 Å². The van der Waals surface area contributed by atoms with Gasteiger partial charge in [0.2, 0.25) is 5.91 Å². The van der Waals surface area contributed by atoms with Crippen LogP contribution in [0.5, 0.6) is 23.0 Å². The van der Waals surface area contributed by atoms with E-state index >= 15 is 0 Å². The van der Waals surface area contributed by atoms with Crippen molar-refractivity contribution >= 4 is 27.8 Å². The van der Waals surface area contributed by atoms with Crippen molar-refractivity contribution in [1.29, 1.82) is 0 Å². The van der Waals surface area contributed by atoms with Crippen molar-refractivity contribution in [3.05, 3.63) is 82.9 Å². The fourth-order valence-electron chi connectivity index (χ4n) is 3.65. The van der Waals surface area contributed by atoms with Gasteiger partial charge in [0.25, 0.3) is 0 Å². The van der Waals surface area contributed by atoms with Gasteiger partial charge in [-0.15, -0.1) is 0 Å². The predicted molar refractivity (Wildman–Crippen MR) is 111 cm³/mol. The minimum atomic E-state index is -1.17. The van der Waals surface area contributed by atoms with Gasteiger partial charge in [0.15, 0.2) is 5.60 Å². The van der Waals surface area contributed by atoms with Crippen LogP contribution >= 0.6 is 15.9 Å². The normalized spacial score (nSPS) is 14.4. The quantitative estimate of drug-likeness (QED) is 0.370. The largest absolute Gasteiger partial charge is 0.508 e. The number of primary amides is 1. The molecule has 8 heteroatoms. The SMILES string of the molecule is NC(=O)CBr.O=C1OC2(c3ccc(O)cc3Oc3cc(O)ccc32)c2ccccc21. The van der Waals surface area contributed by atoms with Crippen LogP contribution < -0.4 is 10.5 Å². The third kappa shape index (κ3) is 3.05. The molecule has 0 bridgehead atoms. The second-order valence-corrected chi connectivity index (χ2v) is 7.24. The Morgan fingerprint density at radius 3 is 2.00 bits per heavy atom. The molecular weight excluding hydrogens is 454 g/mol. The highest BCUT2D eigenvalue weighted by Crippen LogP contribution is 2.56. The number of rotatable bonds is 1. The van der Waals surface area contributed by atoms with Gasteiger partial charge in [-0.05, 0) is 30.3 Å². The number of nitrogens with two attached hydrogens (primary N) is 1. The van der Waals surface area contributed by atoms with Gasteiger partial charge in [-0.3, -0.25) is 4.79 Å². The summed E-state index contributed by atoms with van der Waals surface area (Å²) in [5.41, 5.74) is 5.89. The molecule has 0 aromatic heterocycles. The number of amides is 1. The van der Waals surface area contributed by atoms with Gasteiger partial charge in [-0.1, -0.05) is 34.1 Å². The minimum absolute atomic E-state index is 0.0371. The van der Waals surface area contributed by atoms with Gasteiger partial charge in [0.05, 0.1) is 10.9 Å². The monoisotopic (exact) mass is 469 g/mol. The van der Waals surface area contributed by atoms with Crippen molar-refractivity contribution in [2.24, 2.45) is 5.73 Å². The maximum Gasteiger partial charge on any atom is 0.340 e. The van der Waals surface area contributed by atoms with Crippen molar-refractivity contribution in [1.82, 2.24) is 0 Å². The van der Waals surface area contributed by atoms with E-state index in [0.717, 1.165) is 0 Å². The smallest absolute Gasteiger partial charge is 0.340 e. The molecule has 3 aromatic rings. The predicted octanol–water partition coefficient (Wildman–Crippen LogP) is 3.53. The number of esters is 1. The van der Waals surface area contributed by atoms with Crippen LogP contribution in [0.2, 0.25) is 0 Å². The Morgan fingerprint density at radius 1 is 0.933 bits per heavy atom. The molecular formula is C22H16BrNO6. The van der Waals surface area contributed by atoms with E-state index in [0.29, 0.717) is 33.8 Å². The van der Waals surface area contributed by atoms with Gasteiger partial charge in [0.1, 0.15) is 23.0 Å². The van der Waals surface area contributed by atoms with Gasteiger partial charge in [-0.25, -0.2) is 4.79 Å². The number of phenolic OH excluding ortho intramolecular Hbond substituents is 2. The molecule has 2 aliphatic heterocycles. The Labute approximate surface area is 179 Å². The van der Waals surface area contributed by atoms with Crippen molar-refractivity contribution in [3.63, 3.8) is 0 Å². The van der Waals surface area contributed by atoms with E-state index in [-0.39, 0.29) is 22.7 Å². The molecule has 0 atom stereocenters. The summed E-state index contributed by atoms with van der Waals surface area (Å²) in [5.74, 6) is 0.0796. The fraction of sp³-hybridized carbons (Fsp3) is 0.0909. The zero-order valence-electron chi connectivity index (χ0n) is 15.5. The van der Waals surface area contributed by atoms with Crippen LogP contribution in [0.3, 0.4) is 0 Å². The molecule has 0 unspecified atom stereocenters. The Balaban J connectivity index is 0.000000393. The van der Waals surface area contributed by atoms with Crippen LogP contribution in [0.4, 0.5) is 0 Å². The highest BCUT2D eigenvalue weighted by atomic mass is 79.9. The van der Waals surface area contributed by atoms with Gasteiger partial charge < -0.3 is 25.4 Å². The molecule has 5 rings (SSSR count). The first kappa shape index (κ1) is 19.8. The number of carbonyl (C=O) groups excluding carboxylic acids is 2. The summed E-state index contributed by atoms with van der Waals surface area (Å²) < 4.78 is 11.8. The molecule has 2 heterocycles. The molecule has 4 N–H and O–H groups in total. The van der Waals surface area contributed by atoms with E-state index in [1.165, 1.54) is 24.3 Å². The second-order valence-electron chi connectivity index (χ2n) is 6.68. The highest BCUT2D eigenvalue weighted by molar-refractivity contribution is 9.09. The first-order chi connectivity index (χ1) is 14.4. The zero-order chi connectivity index (χ0) is 21.5. The molecule has 30 heavy (non-hydrogen) atoms. The second kappa shape index (κ2) is 7.38. The maximum absolute atomic E-state index is 12.5. The summed E-state index contributed by atoms with van der Waals surface area (Å²) >= 11 is 2.84. The number of hydrogen-bond donors (Lipinski definition) is 3. The number of carbonyl (C=O) groups is 2. The molecule has 1 amide bonds. The lowest BCUT2D eigenvalue weighted by Gasteiger charge is -2.36. The van der Waals surface area contributed by atoms with Crippen molar-refractivity contribution < 1.29 is 29.3 Å². The Morgan fingerprint density at radius 2 is 1.47 bits per heavy atom. The molecule has 0 saturated heterocycles. The number of fused-ring (bicyclic) bond motifs is 6. The van der Waals surface area contributed by atoms with E-state index in [2.05, 4.69) is 21.7 Å². The van der Waals surface area contributed by atoms with E-state index in [1.807, 2.05) is 12.1 Å². The zero-order valence-corrected chi connectivity index (χ0v) is 17.0. The van der Waals surface area contributed by atoms with E-state index in [9.17, 15) is 19.8 Å². The lowest BCUT2D eigenvalue weighted by Crippen LogP contribution is -2.32. The number of phenols is 2. The highest BCUT2D eigenvalue weighted by Gasteiger charge is 2.53. The number of alkyl halides is 1. The number of benzene rings is 3. The Hall–Kier alpha value is -3.52. The number of halogens is 1. The van der Waals surface area contributed by atoms with E-state index < -0.39 is 11.6 Å². The summed E-state index contributed by atoms with van der Waals surface area (Å²) in [5, 5.41) is 19.9. The average Bonchev–Trinajstić information content (AvgIpc) is 3.01. The lowest BCUT2D eigenvalue weighted by molar-refractivity contribution is -0.115.